The van der Waals surface area contributed by atoms with E-state index in [2.05, 4.69) is 20.2 Å². The SMILES string of the molecule is c1ncc(C2CNC2)c(N2CCC2)n1. The Bertz CT molecular complexity index is 298. The Morgan fingerprint density at radius 1 is 1.36 bits per heavy atom. The van der Waals surface area contributed by atoms with Gasteiger partial charge in [-0.15, -0.1) is 0 Å². The van der Waals surface area contributed by atoms with Crippen LogP contribution in [0.5, 0.6) is 0 Å². The fraction of sp³-hybridized carbons (Fsp3) is 0.600. The zero-order valence-corrected chi connectivity index (χ0v) is 8.11. The van der Waals surface area contributed by atoms with Gasteiger partial charge in [0, 0.05) is 43.9 Å². The third-order valence-corrected chi connectivity index (χ3v) is 3.10. The molecule has 2 saturated heterocycles. The van der Waals surface area contributed by atoms with E-state index in [9.17, 15) is 0 Å². The number of nitrogens with zero attached hydrogens (tertiary/aromatic N) is 3. The smallest absolute Gasteiger partial charge is 0.135 e. The molecule has 1 aromatic heterocycles. The van der Waals surface area contributed by atoms with Crippen LogP contribution in [0.3, 0.4) is 0 Å². The predicted molar refractivity (Wildman–Crippen MR) is 54.5 cm³/mol. The summed E-state index contributed by atoms with van der Waals surface area (Å²) in [4.78, 5) is 10.9. The van der Waals surface area contributed by atoms with Crippen molar-refractivity contribution >= 4 is 5.82 Å². The highest BCUT2D eigenvalue weighted by atomic mass is 15.2. The standard InChI is InChI=1S/C10H14N4/c1-2-14(3-1)10-9(6-12-7-13-10)8-4-11-5-8/h6-8,11H,1-5H2. The van der Waals surface area contributed by atoms with Gasteiger partial charge in [-0.1, -0.05) is 0 Å². The molecule has 0 aromatic carbocycles. The molecule has 0 saturated carbocycles. The lowest BCUT2D eigenvalue weighted by Gasteiger charge is -2.36. The summed E-state index contributed by atoms with van der Waals surface area (Å²) in [5.41, 5.74) is 1.32. The van der Waals surface area contributed by atoms with Crippen LogP contribution in [-0.2, 0) is 0 Å². The Kier molecular flexibility index (Phi) is 1.87. The lowest BCUT2D eigenvalue weighted by molar-refractivity contribution is 0.444. The van der Waals surface area contributed by atoms with Gasteiger partial charge in [0.05, 0.1) is 0 Å². The summed E-state index contributed by atoms with van der Waals surface area (Å²) < 4.78 is 0. The van der Waals surface area contributed by atoms with Crippen LogP contribution in [0.15, 0.2) is 12.5 Å². The van der Waals surface area contributed by atoms with Gasteiger partial charge in [0.25, 0.3) is 0 Å². The molecule has 4 heteroatoms. The van der Waals surface area contributed by atoms with Crippen molar-refractivity contribution in [3.63, 3.8) is 0 Å². The van der Waals surface area contributed by atoms with Crippen molar-refractivity contribution in [3.05, 3.63) is 18.1 Å². The molecule has 0 unspecified atom stereocenters. The predicted octanol–water partition coefficient (Wildman–Crippen LogP) is 0.373. The summed E-state index contributed by atoms with van der Waals surface area (Å²) in [7, 11) is 0. The van der Waals surface area contributed by atoms with Gasteiger partial charge < -0.3 is 10.2 Å². The summed E-state index contributed by atoms with van der Waals surface area (Å²) in [6.45, 7) is 4.47. The first kappa shape index (κ1) is 8.17. The van der Waals surface area contributed by atoms with Crippen molar-refractivity contribution in [2.45, 2.75) is 12.3 Å². The van der Waals surface area contributed by atoms with Gasteiger partial charge in [-0.05, 0) is 6.42 Å². The number of aromatic nitrogens is 2. The summed E-state index contributed by atoms with van der Waals surface area (Å²) in [5, 5.41) is 3.29. The molecule has 2 fully saturated rings. The Balaban J connectivity index is 1.91. The molecule has 0 amide bonds. The van der Waals surface area contributed by atoms with Gasteiger partial charge in [-0.25, -0.2) is 9.97 Å². The first-order chi connectivity index (χ1) is 6.95. The molecule has 0 aliphatic carbocycles. The van der Waals surface area contributed by atoms with Crippen molar-refractivity contribution in [2.24, 2.45) is 0 Å². The average molecular weight is 190 g/mol. The molecule has 0 bridgehead atoms. The molecule has 0 atom stereocenters. The van der Waals surface area contributed by atoms with E-state index in [1.54, 1.807) is 6.33 Å². The van der Waals surface area contributed by atoms with E-state index < -0.39 is 0 Å². The third-order valence-electron chi connectivity index (χ3n) is 3.10. The number of anilines is 1. The molecule has 2 aliphatic rings. The van der Waals surface area contributed by atoms with Gasteiger partial charge in [-0.2, -0.15) is 0 Å². The van der Waals surface area contributed by atoms with Crippen LogP contribution in [0.4, 0.5) is 5.82 Å². The maximum absolute atomic E-state index is 4.39. The largest absolute Gasteiger partial charge is 0.356 e. The van der Waals surface area contributed by atoms with E-state index in [1.165, 1.54) is 12.0 Å². The van der Waals surface area contributed by atoms with Crippen molar-refractivity contribution in [3.8, 4) is 0 Å². The molecule has 4 nitrogen and oxygen atoms in total. The molecule has 0 spiro atoms. The van der Waals surface area contributed by atoms with Crippen LogP contribution in [-0.4, -0.2) is 36.1 Å². The summed E-state index contributed by atoms with van der Waals surface area (Å²) >= 11 is 0. The van der Waals surface area contributed by atoms with Crippen LogP contribution in [0.1, 0.15) is 17.9 Å². The third kappa shape index (κ3) is 1.18. The molecule has 74 valence electrons. The number of rotatable bonds is 2. The molecule has 1 aromatic rings. The summed E-state index contributed by atoms with van der Waals surface area (Å²) in [5.74, 6) is 1.80. The van der Waals surface area contributed by atoms with Gasteiger partial charge in [0.15, 0.2) is 0 Å². The zero-order valence-electron chi connectivity index (χ0n) is 8.11. The van der Waals surface area contributed by atoms with E-state index in [-0.39, 0.29) is 0 Å². The molecule has 14 heavy (non-hydrogen) atoms. The van der Waals surface area contributed by atoms with Crippen LogP contribution in [0.2, 0.25) is 0 Å². The minimum atomic E-state index is 0.631. The number of hydrogen-bond acceptors (Lipinski definition) is 4. The molecular formula is C10H14N4. The number of nitrogens with one attached hydrogen (secondary N) is 1. The fourth-order valence-electron chi connectivity index (χ4n) is 1.92. The Labute approximate surface area is 83.4 Å². The highest BCUT2D eigenvalue weighted by Crippen LogP contribution is 2.29. The second kappa shape index (κ2) is 3.20. The second-order valence-corrected chi connectivity index (χ2v) is 4.00. The van der Waals surface area contributed by atoms with E-state index in [1.807, 2.05) is 6.20 Å². The lowest BCUT2D eigenvalue weighted by Crippen LogP contribution is -2.43. The van der Waals surface area contributed by atoms with Crippen molar-refractivity contribution in [2.75, 3.05) is 31.1 Å². The van der Waals surface area contributed by atoms with Crippen molar-refractivity contribution in [1.82, 2.24) is 15.3 Å². The van der Waals surface area contributed by atoms with Crippen LogP contribution in [0, 0.1) is 0 Å². The van der Waals surface area contributed by atoms with Crippen molar-refractivity contribution < 1.29 is 0 Å². The first-order valence-electron chi connectivity index (χ1n) is 5.21. The minimum Gasteiger partial charge on any atom is -0.356 e. The quantitative estimate of drug-likeness (QED) is 0.731. The van der Waals surface area contributed by atoms with E-state index in [0.29, 0.717) is 5.92 Å². The summed E-state index contributed by atoms with van der Waals surface area (Å²) in [6, 6.07) is 0. The topological polar surface area (TPSA) is 41.1 Å². The highest BCUT2D eigenvalue weighted by molar-refractivity contribution is 5.50. The Morgan fingerprint density at radius 2 is 2.21 bits per heavy atom. The Hall–Kier alpha value is -1.16. The molecule has 2 aliphatic heterocycles. The van der Waals surface area contributed by atoms with Gasteiger partial charge in [0.1, 0.15) is 12.1 Å². The first-order valence-corrected chi connectivity index (χ1v) is 5.21. The Morgan fingerprint density at radius 3 is 2.79 bits per heavy atom. The molecule has 3 rings (SSSR count). The lowest BCUT2D eigenvalue weighted by atomic mass is 9.94. The van der Waals surface area contributed by atoms with E-state index >= 15 is 0 Å². The minimum absolute atomic E-state index is 0.631. The monoisotopic (exact) mass is 190 g/mol. The van der Waals surface area contributed by atoms with E-state index in [4.69, 9.17) is 0 Å². The van der Waals surface area contributed by atoms with Crippen LogP contribution < -0.4 is 10.2 Å². The maximum Gasteiger partial charge on any atom is 0.135 e. The maximum atomic E-state index is 4.39. The fourth-order valence-corrected chi connectivity index (χ4v) is 1.92. The van der Waals surface area contributed by atoms with Crippen molar-refractivity contribution in [1.29, 1.82) is 0 Å². The van der Waals surface area contributed by atoms with Crippen LogP contribution in [0.25, 0.3) is 0 Å². The molecular weight excluding hydrogens is 176 g/mol. The van der Waals surface area contributed by atoms with Gasteiger partial charge in [0.2, 0.25) is 0 Å². The summed E-state index contributed by atoms with van der Waals surface area (Å²) in [6.07, 6.45) is 4.93. The highest BCUT2D eigenvalue weighted by Gasteiger charge is 2.26. The molecule has 1 N–H and O–H groups in total. The number of hydrogen-bond donors (Lipinski definition) is 1. The van der Waals surface area contributed by atoms with Gasteiger partial charge in [-0.3, -0.25) is 0 Å². The zero-order chi connectivity index (χ0) is 9.38. The molecule has 3 heterocycles. The normalized spacial score (nSPS) is 21.6. The van der Waals surface area contributed by atoms with E-state index in [0.717, 1.165) is 32.0 Å². The second-order valence-electron chi connectivity index (χ2n) is 4.00. The van der Waals surface area contributed by atoms with Crippen LogP contribution >= 0.6 is 0 Å². The molecule has 0 radical (unpaired) electrons. The van der Waals surface area contributed by atoms with Gasteiger partial charge >= 0.3 is 0 Å². The average Bonchev–Trinajstić information content (AvgIpc) is 2.01.